The number of rotatable bonds is 5. The number of carbonyl (C=O) groups excluding carboxylic acids is 2. The minimum Gasteiger partial charge on any atom is -0.490 e. The molecule has 142 valence electrons. The van der Waals surface area contributed by atoms with Gasteiger partial charge in [0, 0.05) is 13.1 Å². The molecular formula is C17H23N3O5S. The van der Waals surface area contributed by atoms with Crippen LogP contribution < -0.4 is 15.4 Å². The Labute approximate surface area is 152 Å². The molecule has 9 heteroatoms. The number of hydrogen-bond acceptors (Lipinski definition) is 5. The van der Waals surface area contributed by atoms with Gasteiger partial charge in [-0.15, -0.1) is 0 Å². The molecule has 0 unspecified atom stereocenters. The molecule has 1 aromatic carbocycles. The summed E-state index contributed by atoms with van der Waals surface area (Å²) >= 11 is 0. The van der Waals surface area contributed by atoms with Crippen molar-refractivity contribution in [1.82, 2.24) is 14.9 Å². The topological polar surface area (TPSA) is 105 Å². The number of piperidine rings is 1. The third-order valence-corrected chi connectivity index (χ3v) is 6.80. The lowest BCUT2D eigenvalue weighted by Gasteiger charge is -2.33. The van der Waals surface area contributed by atoms with E-state index in [0.717, 1.165) is 11.3 Å². The molecule has 0 radical (unpaired) electrons. The highest BCUT2D eigenvalue weighted by molar-refractivity contribution is 7.89. The third kappa shape index (κ3) is 3.99. The second-order valence-electron chi connectivity index (χ2n) is 7.03. The molecule has 0 aliphatic carbocycles. The summed E-state index contributed by atoms with van der Waals surface area (Å²) in [4.78, 5) is 23.1. The predicted molar refractivity (Wildman–Crippen MR) is 95.3 cm³/mol. The Hall–Kier alpha value is -2.13. The number of sulfonamides is 1. The van der Waals surface area contributed by atoms with E-state index in [2.05, 4.69) is 10.6 Å². The second-order valence-corrected chi connectivity index (χ2v) is 8.99. The van der Waals surface area contributed by atoms with Gasteiger partial charge in [-0.3, -0.25) is 10.1 Å². The third-order valence-electron chi connectivity index (χ3n) is 4.71. The van der Waals surface area contributed by atoms with Crippen LogP contribution in [0, 0.1) is 6.92 Å². The molecule has 1 aromatic rings. The number of nitrogens with one attached hydrogen (secondary N) is 2. The van der Waals surface area contributed by atoms with Crippen molar-refractivity contribution in [2.24, 2.45) is 0 Å². The molecule has 2 saturated heterocycles. The largest absolute Gasteiger partial charge is 0.490 e. The number of amides is 3. The zero-order valence-corrected chi connectivity index (χ0v) is 15.6. The molecule has 3 rings (SSSR count). The summed E-state index contributed by atoms with van der Waals surface area (Å²) in [7, 11) is -3.68. The molecule has 3 amide bonds. The molecule has 2 fully saturated rings. The van der Waals surface area contributed by atoms with Gasteiger partial charge in [-0.1, -0.05) is 17.7 Å². The zero-order chi connectivity index (χ0) is 18.9. The smallest absolute Gasteiger partial charge is 0.322 e. The maximum Gasteiger partial charge on any atom is 0.322 e. The van der Waals surface area contributed by atoms with E-state index in [9.17, 15) is 18.0 Å². The fraction of sp³-hybridized carbons (Fsp3) is 0.529. The molecule has 8 nitrogen and oxygen atoms in total. The minimum atomic E-state index is -3.68. The minimum absolute atomic E-state index is 0.0470. The Morgan fingerprint density at radius 2 is 1.81 bits per heavy atom. The first kappa shape index (κ1) is 18.7. The van der Waals surface area contributed by atoms with Gasteiger partial charge in [0.05, 0.1) is 5.75 Å². The summed E-state index contributed by atoms with van der Waals surface area (Å²) < 4.78 is 32.6. The van der Waals surface area contributed by atoms with Crippen molar-refractivity contribution in [2.45, 2.75) is 38.3 Å². The molecular weight excluding hydrogens is 358 g/mol. The monoisotopic (exact) mass is 381 g/mol. The number of nitrogens with zero attached hydrogens (tertiary/aromatic N) is 1. The van der Waals surface area contributed by atoms with E-state index in [-0.39, 0.29) is 6.10 Å². The number of hydrogen-bond donors (Lipinski definition) is 2. The summed E-state index contributed by atoms with van der Waals surface area (Å²) in [5, 5.41) is 4.47. The highest BCUT2D eigenvalue weighted by Crippen LogP contribution is 2.23. The van der Waals surface area contributed by atoms with Crippen molar-refractivity contribution in [3.63, 3.8) is 0 Å². The van der Waals surface area contributed by atoms with Gasteiger partial charge >= 0.3 is 6.03 Å². The number of aryl methyl sites for hydroxylation is 1. The maximum absolute atomic E-state index is 12.7. The maximum atomic E-state index is 12.7. The van der Waals surface area contributed by atoms with Crippen molar-refractivity contribution in [1.29, 1.82) is 0 Å². The summed E-state index contributed by atoms with van der Waals surface area (Å²) in [6.45, 7) is 4.06. The molecule has 2 heterocycles. The van der Waals surface area contributed by atoms with Crippen LogP contribution in [-0.2, 0) is 14.8 Å². The van der Waals surface area contributed by atoms with E-state index in [1.54, 1.807) is 0 Å². The molecule has 1 atom stereocenters. The summed E-state index contributed by atoms with van der Waals surface area (Å²) in [5.74, 6) is -0.306. The van der Waals surface area contributed by atoms with Crippen LogP contribution in [0.1, 0.15) is 25.3 Å². The zero-order valence-electron chi connectivity index (χ0n) is 14.8. The number of urea groups is 1. The summed E-state index contributed by atoms with van der Waals surface area (Å²) in [6.07, 6.45) is 1.10. The average molecular weight is 381 g/mol. The van der Waals surface area contributed by atoms with Crippen LogP contribution in [0.15, 0.2) is 24.3 Å². The molecule has 2 N–H and O–H groups in total. The fourth-order valence-corrected chi connectivity index (χ4v) is 5.06. The molecule has 0 saturated carbocycles. The summed E-state index contributed by atoms with van der Waals surface area (Å²) in [5.41, 5.74) is -0.291. The summed E-state index contributed by atoms with van der Waals surface area (Å²) in [6, 6.07) is 7.08. The number of imide groups is 1. The molecule has 0 bridgehead atoms. The lowest BCUT2D eigenvalue weighted by molar-refractivity contribution is -0.122. The van der Waals surface area contributed by atoms with Crippen LogP contribution in [0.3, 0.4) is 0 Å². The van der Waals surface area contributed by atoms with E-state index >= 15 is 0 Å². The highest BCUT2D eigenvalue weighted by Gasteiger charge is 2.46. The lowest BCUT2D eigenvalue weighted by atomic mass is 10.1. The van der Waals surface area contributed by atoms with E-state index in [0.29, 0.717) is 25.9 Å². The highest BCUT2D eigenvalue weighted by atomic mass is 32.2. The van der Waals surface area contributed by atoms with Gasteiger partial charge < -0.3 is 10.1 Å². The van der Waals surface area contributed by atoms with Crippen molar-refractivity contribution in [3.8, 4) is 5.75 Å². The molecule has 0 spiro atoms. The van der Waals surface area contributed by atoms with Crippen LogP contribution >= 0.6 is 0 Å². The van der Waals surface area contributed by atoms with Crippen molar-refractivity contribution < 1.29 is 22.7 Å². The van der Waals surface area contributed by atoms with E-state index in [1.807, 2.05) is 31.2 Å². The molecule has 2 aliphatic rings. The normalized spacial score (nSPS) is 25.0. The Balaban J connectivity index is 1.57. The van der Waals surface area contributed by atoms with Crippen LogP contribution in [0.5, 0.6) is 5.75 Å². The molecule has 26 heavy (non-hydrogen) atoms. The van der Waals surface area contributed by atoms with Crippen LogP contribution in [0.4, 0.5) is 4.79 Å². The van der Waals surface area contributed by atoms with E-state index in [1.165, 1.54) is 11.2 Å². The fourth-order valence-electron chi connectivity index (χ4n) is 3.17. The number of benzene rings is 1. The standard InChI is InChI=1S/C17H23N3O5S/c1-12-3-5-13(6-4-12)25-14-7-9-20(10-8-14)26(23,24)11-17(2)15(21)18-16(22)19-17/h3-6,14H,7-11H2,1-2H3,(H2,18,19,21,22)/t17-/m1/s1. The first-order chi connectivity index (χ1) is 12.2. The van der Waals surface area contributed by atoms with E-state index in [4.69, 9.17) is 4.74 Å². The van der Waals surface area contributed by atoms with Gasteiger partial charge in [-0.05, 0) is 38.8 Å². The Bertz CT molecular complexity index is 800. The second kappa shape index (κ2) is 6.88. The first-order valence-corrected chi connectivity index (χ1v) is 10.1. The van der Waals surface area contributed by atoms with Gasteiger partial charge in [-0.2, -0.15) is 0 Å². The van der Waals surface area contributed by atoms with Crippen LogP contribution in [-0.4, -0.2) is 55.1 Å². The molecule has 2 aliphatic heterocycles. The number of carbonyl (C=O) groups is 2. The van der Waals surface area contributed by atoms with Crippen molar-refractivity contribution >= 4 is 22.0 Å². The van der Waals surface area contributed by atoms with Gasteiger partial charge in [0.1, 0.15) is 17.4 Å². The van der Waals surface area contributed by atoms with Gasteiger partial charge in [0.2, 0.25) is 10.0 Å². The van der Waals surface area contributed by atoms with Gasteiger partial charge in [-0.25, -0.2) is 17.5 Å². The van der Waals surface area contributed by atoms with Crippen LogP contribution in [0.25, 0.3) is 0 Å². The quantitative estimate of drug-likeness (QED) is 0.733. The number of ether oxygens (including phenoxy) is 1. The lowest BCUT2D eigenvalue weighted by Crippen LogP contribution is -2.53. The van der Waals surface area contributed by atoms with Gasteiger partial charge in [0.15, 0.2) is 0 Å². The molecule has 0 aromatic heterocycles. The predicted octanol–water partition coefficient (Wildman–Crippen LogP) is 0.766. The first-order valence-electron chi connectivity index (χ1n) is 8.53. The van der Waals surface area contributed by atoms with Gasteiger partial charge in [0.25, 0.3) is 5.91 Å². The van der Waals surface area contributed by atoms with Crippen molar-refractivity contribution in [3.05, 3.63) is 29.8 Å². The Morgan fingerprint density at radius 1 is 1.19 bits per heavy atom. The SMILES string of the molecule is Cc1ccc(OC2CCN(S(=O)(=O)C[C@@]3(C)NC(=O)NC3=O)CC2)cc1. The van der Waals surface area contributed by atoms with Crippen LogP contribution in [0.2, 0.25) is 0 Å². The Morgan fingerprint density at radius 3 is 2.35 bits per heavy atom. The Kier molecular flexibility index (Phi) is 4.94. The van der Waals surface area contributed by atoms with E-state index < -0.39 is 33.3 Å². The van der Waals surface area contributed by atoms with Crippen molar-refractivity contribution in [2.75, 3.05) is 18.8 Å². The average Bonchev–Trinajstić information content (AvgIpc) is 2.81.